The maximum atomic E-state index is 9.00. The molecule has 98 valence electrons. The third kappa shape index (κ3) is 2.88. The second-order valence-corrected chi connectivity index (χ2v) is 4.55. The van der Waals surface area contributed by atoms with E-state index >= 15 is 0 Å². The lowest BCUT2D eigenvalue weighted by atomic mass is 10.1. The molecule has 0 aliphatic rings. The average molecular weight is 262 g/mol. The summed E-state index contributed by atoms with van der Waals surface area (Å²) in [5, 5.41) is 17.9. The Morgan fingerprint density at radius 1 is 1.10 bits per heavy atom. The van der Waals surface area contributed by atoms with Gasteiger partial charge < -0.3 is 10.6 Å². The minimum Gasteiger partial charge on any atom is -0.398 e. The fourth-order valence-electron chi connectivity index (χ4n) is 1.98. The van der Waals surface area contributed by atoms with Gasteiger partial charge in [-0.1, -0.05) is 12.1 Å². The van der Waals surface area contributed by atoms with Crippen molar-refractivity contribution in [3.05, 3.63) is 59.2 Å². The molecule has 4 nitrogen and oxygen atoms in total. The summed E-state index contributed by atoms with van der Waals surface area (Å²) in [4.78, 5) is 2.01. The number of nitrogens with two attached hydrogens (primary N) is 1. The molecule has 2 aromatic carbocycles. The van der Waals surface area contributed by atoms with Crippen LogP contribution in [0.15, 0.2) is 42.5 Å². The molecule has 0 radical (unpaired) electrons. The van der Waals surface area contributed by atoms with E-state index < -0.39 is 0 Å². The number of hydrogen-bond acceptors (Lipinski definition) is 4. The highest BCUT2D eigenvalue weighted by Crippen LogP contribution is 2.21. The third-order valence-corrected chi connectivity index (χ3v) is 3.07. The second kappa shape index (κ2) is 5.77. The Hall–Kier alpha value is -2.98. The summed E-state index contributed by atoms with van der Waals surface area (Å²) in [6, 6.07) is 17.1. The summed E-state index contributed by atoms with van der Waals surface area (Å²) in [6.45, 7) is 0.657. The Kier molecular flexibility index (Phi) is 3.88. The zero-order chi connectivity index (χ0) is 14.5. The van der Waals surface area contributed by atoms with E-state index in [1.807, 2.05) is 36.2 Å². The SMILES string of the molecule is CN(Cc1cccc(C#N)c1)c1ccc(N)c(C#N)c1. The van der Waals surface area contributed by atoms with Crippen LogP contribution in [0, 0.1) is 22.7 Å². The van der Waals surface area contributed by atoms with Gasteiger partial charge >= 0.3 is 0 Å². The Balaban J connectivity index is 2.22. The highest BCUT2D eigenvalue weighted by Gasteiger charge is 2.06. The van der Waals surface area contributed by atoms with Crippen LogP contribution in [0.5, 0.6) is 0 Å². The predicted octanol–water partition coefficient (Wildman–Crippen LogP) is 2.65. The molecule has 0 aliphatic carbocycles. The molecule has 0 aromatic heterocycles. The summed E-state index contributed by atoms with van der Waals surface area (Å²) < 4.78 is 0. The quantitative estimate of drug-likeness (QED) is 0.863. The van der Waals surface area contributed by atoms with E-state index in [4.69, 9.17) is 16.3 Å². The number of nitrogen functional groups attached to an aromatic ring is 1. The van der Waals surface area contributed by atoms with Crippen LogP contribution in [-0.2, 0) is 6.54 Å². The van der Waals surface area contributed by atoms with Crippen molar-refractivity contribution in [2.24, 2.45) is 0 Å². The van der Waals surface area contributed by atoms with Crippen molar-refractivity contribution in [3.63, 3.8) is 0 Å². The molecule has 2 rings (SSSR count). The van der Waals surface area contributed by atoms with Crippen LogP contribution in [0.4, 0.5) is 11.4 Å². The maximum absolute atomic E-state index is 9.00. The van der Waals surface area contributed by atoms with Crippen LogP contribution in [0.1, 0.15) is 16.7 Å². The molecule has 20 heavy (non-hydrogen) atoms. The molecule has 2 N–H and O–H groups in total. The van der Waals surface area contributed by atoms with Gasteiger partial charge in [-0.15, -0.1) is 0 Å². The van der Waals surface area contributed by atoms with Gasteiger partial charge in [0.05, 0.1) is 17.2 Å². The standard InChI is InChI=1S/C16H14N4/c1-20(11-13-4-2-3-12(7-13)9-17)15-5-6-16(19)14(8-15)10-18/h2-8H,11,19H2,1H3. The third-order valence-electron chi connectivity index (χ3n) is 3.07. The van der Waals surface area contributed by atoms with Gasteiger partial charge in [-0.3, -0.25) is 0 Å². The lowest BCUT2D eigenvalue weighted by Gasteiger charge is -2.20. The van der Waals surface area contributed by atoms with Gasteiger partial charge in [0.15, 0.2) is 0 Å². The average Bonchev–Trinajstić information content (AvgIpc) is 2.47. The molecule has 0 saturated carbocycles. The van der Waals surface area contributed by atoms with Crippen LogP contribution in [0.3, 0.4) is 0 Å². The molecule has 0 saturated heterocycles. The van der Waals surface area contributed by atoms with Crippen LogP contribution in [-0.4, -0.2) is 7.05 Å². The Labute approximate surface area is 118 Å². The molecule has 0 aliphatic heterocycles. The molecule has 2 aromatic rings. The normalized spacial score (nSPS) is 9.55. The van der Waals surface area contributed by atoms with Crippen molar-refractivity contribution in [1.82, 2.24) is 0 Å². The van der Waals surface area contributed by atoms with Gasteiger partial charge in [0, 0.05) is 25.0 Å². The van der Waals surface area contributed by atoms with Crippen LogP contribution >= 0.6 is 0 Å². The van der Waals surface area contributed by atoms with Gasteiger partial charge in [0.25, 0.3) is 0 Å². The zero-order valence-corrected chi connectivity index (χ0v) is 11.2. The number of benzene rings is 2. The smallest absolute Gasteiger partial charge is 0.101 e. The van der Waals surface area contributed by atoms with Crippen LogP contribution < -0.4 is 10.6 Å². The highest BCUT2D eigenvalue weighted by molar-refractivity contribution is 5.62. The lowest BCUT2D eigenvalue weighted by Crippen LogP contribution is -2.16. The van der Waals surface area contributed by atoms with Gasteiger partial charge in [0.1, 0.15) is 6.07 Å². The molecular weight excluding hydrogens is 248 g/mol. The summed E-state index contributed by atoms with van der Waals surface area (Å²) >= 11 is 0. The van der Waals surface area contributed by atoms with Crippen molar-refractivity contribution in [2.45, 2.75) is 6.54 Å². The van der Waals surface area contributed by atoms with Crippen LogP contribution in [0.25, 0.3) is 0 Å². The summed E-state index contributed by atoms with van der Waals surface area (Å²) in [5.74, 6) is 0. The predicted molar refractivity (Wildman–Crippen MR) is 78.8 cm³/mol. The molecule has 0 heterocycles. The van der Waals surface area contributed by atoms with E-state index in [1.54, 1.807) is 18.2 Å². The Morgan fingerprint density at radius 2 is 1.90 bits per heavy atom. The monoisotopic (exact) mass is 262 g/mol. The second-order valence-electron chi connectivity index (χ2n) is 4.55. The van der Waals surface area contributed by atoms with E-state index in [1.165, 1.54) is 0 Å². The number of anilines is 2. The first-order valence-electron chi connectivity index (χ1n) is 6.14. The van der Waals surface area contributed by atoms with Gasteiger partial charge in [-0.25, -0.2) is 0 Å². The summed E-state index contributed by atoms with van der Waals surface area (Å²) in [5.41, 5.74) is 9.27. The number of nitriles is 2. The van der Waals surface area contributed by atoms with E-state index in [2.05, 4.69) is 12.1 Å². The molecule has 0 fully saturated rings. The van der Waals surface area contributed by atoms with E-state index in [-0.39, 0.29) is 0 Å². The first kappa shape index (κ1) is 13.5. The fraction of sp³-hybridized carbons (Fsp3) is 0.125. The Morgan fingerprint density at radius 3 is 2.60 bits per heavy atom. The van der Waals surface area contributed by atoms with E-state index in [0.717, 1.165) is 11.3 Å². The van der Waals surface area contributed by atoms with E-state index in [0.29, 0.717) is 23.4 Å². The fourth-order valence-corrected chi connectivity index (χ4v) is 1.98. The molecular formula is C16H14N4. The molecule has 0 spiro atoms. The van der Waals surface area contributed by atoms with Gasteiger partial charge in [0.2, 0.25) is 0 Å². The zero-order valence-electron chi connectivity index (χ0n) is 11.2. The number of nitrogens with zero attached hydrogens (tertiary/aromatic N) is 3. The highest BCUT2D eigenvalue weighted by atomic mass is 15.1. The van der Waals surface area contributed by atoms with Crippen molar-refractivity contribution < 1.29 is 0 Å². The van der Waals surface area contributed by atoms with Crippen molar-refractivity contribution >= 4 is 11.4 Å². The Bertz CT molecular complexity index is 707. The first-order chi connectivity index (χ1) is 9.63. The topological polar surface area (TPSA) is 76.8 Å². The van der Waals surface area contributed by atoms with Gasteiger partial charge in [-0.05, 0) is 35.9 Å². The minimum absolute atomic E-state index is 0.472. The minimum atomic E-state index is 0.472. The molecule has 0 atom stereocenters. The van der Waals surface area contributed by atoms with Gasteiger partial charge in [-0.2, -0.15) is 10.5 Å². The molecule has 0 bridgehead atoms. The molecule has 0 amide bonds. The lowest BCUT2D eigenvalue weighted by molar-refractivity contribution is 0.922. The number of rotatable bonds is 3. The molecule has 0 unspecified atom stereocenters. The summed E-state index contributed by atoms with van der Waals surface area (Å²) in [6.07, 6.45) is 0. The largest absolute Gasteiger partial charge is 0.398 e. The molecule has 4 heteroatoms. The van der Waals surface area contributed by atoms with Crippen molar-refractivity contribution in [3.8, 4) is 12.1 Å². The van der Waals surface area contributed by atoms with Crippen molar-refractivity contribution in [2.75, 3.05) is 17.7 Å². The van der Waals surface area contributed by atoms with Crippen molar-refractivity contribution in [1.29, 1.82) is 10.5 Å². The summed E-state index contributed by atoms with van der Waals surface area (Å²) in [7, 11) is 1.94. The first-order valence-corrected chi connectivity index (χ1v) is 6.14. The van der Waals surface area contributed by atoms with E-state index in [9.17, 15) is 0 Å². The maximum Gasteiger partial charge on any atom is 0.101 e. The van der Waals surface area contributed by atoms with Crippen LogP contribution in [0.2, 0.25) is 0 Å². The number of hydrogen-bond donors (Lipinski definition) is 1.